The predicted octanol–water partition coefficient (Wildman–Crippen LogP) is 3.89. The van der Waals surface area contributed by atoms with Crippen LogP contribution in [0.5, 0.6) is 0 Å². The van der Waals surface area contributed by atoms with Crippen molar-refractivity contribution in [3.63, 3.8) is 0 Å². The Morgan fingerprint density at radius 3 is 2.71 bits per heavy atom. The van der Waals surface area contributed by atoms with E-state index in [1.807, 2.05) is 13.0 Å². The smallest absolute Gasteiger partial charge is 0.126 e. The molecule has 76 valence electrons. The Morgan fingerprint density at radius 2 is 2.07 bits per heavy atom. The first-order valence-corrected chi connectivity index (χ1v) is 5.02. The van der Waals surface area contributed by atoms with Crippen molar-refractivity contribution >= 4 is 0 Å². The number of hydrogen-bond donors (Lipinski definition) is 0. The molecule has 0 saturated carbocycles. The molecule has 0 N–H and O–H groups in total. The molecule has 1 heteroatoms. The molecule has 1 aromatic rings. The molecule has 0 unspecified atom stereocenters. The van der Waals surface area contributed by atoms with E-state index in [0.717, 1.165) is 17.5 Å². The second-order valence-electron chi connectivity index (χ2n) is 3.90. The van der Waals surface area contributed by atoms with Gasteiger partial charge < -0.3 is 0 Å². The molecule has 0 aliphatic heterocycles. The highest BCUT2D eigenvalue weighted by molar-refractivity contribution is 5.28. The molecule has 0 bridgehead atoms. The Hall–Kier alpha value is -1.11. The monoisotopic (exact) mass is 192 g/mol. The van der Waals surface area contributed by atoms with Crippen molar-refractivity contribution in [1.29, 1.82) is 0 Å². The van der Waals surface area contributed by atoms with Gasteiger partial charge in [-0.15, -0.1) is 0 Å². The minimum Gasteiger partial charge on any atom is -0.207 e. The Bertz CT molecular complexity index is 324. The quantitative estimate of drug-likeness (QED) is 0.637. The SMILES string of the molecule is Cc1c(F)cccc1CC=CC(C)C. The zero-order valence-electron chi connectivity index (χ0n) is 9.05. The van der Waals surface area contributed by atoms with Crippen LogP contribution in [0.15, 0.2) is 30.4 Å². The highest BCUT2D eigenvalue weighted by Gasteiger charge is 2.00. The maximum atomic E-state index is 13.1. The minimum atomic E-state index is -0.111. The van der Waals surface area contributed by atoms with Crippen molar-refractivity contribution in [1.82, 2.24) is 0 Å². The normalized spacial score (nSPS) is 11.5. The lowest BCUT2D eigenvalue weighted by Gasteiger charge is -2.03. The summed E-state index contributed by atoms with van der Waals surface area (Å²) in [5.41, 5.74) is 1.84. The fourth-order valence-corrected chi connectivity index (χ4v) is 1.34. The van der Waals surface area contributed by atoms with Crippen LogP contribution in [0.1, 0.15) is 25.0 Å². The first-order valence-electron chi connectivity index (χ1n) is 5.02. The van der Waals surface area contributed by atoms with Gasteiger partial charge >= 0.3 is 0 Å². The van der Waals surface area contributed by atoms with Crippen LogP contribution in [-0.4, -0.2) is 0 Å². The summed E-state index contributed by atoms with van der Waals surface area (Å²) in [6.45, 7) is 6.09. The van der Waals surface area contributed by atoms with E-state index in [-0.39, 0.29) is 5.82 Å². The number of hydrogen-bond acceptors (Lipinski definition) is 0. The van der Waals surface area contributed by atoms with Gasteiger partial charge in [0, 0.05) is 0 Å². The maximum absolute atomic E-state index is 13.1. The summed E-state index contributed by atoms with van der Waals surface area (Å²) < 4.78 is 13.1. The van der Waals surface area contributed by atoms with E-state index in [9.17, 15) is 4.39 Å². The predicted molar refractivity (Wildman–Crippen MR) is 58.8 cm³/mol. The van der Waals surface area contributed by atoms with Crippen molar-refractivity contribution in [2.75, 3.05) is 0 Å². The summed E-state index contributed by atoms with van der Waals surface area (Å²) in [5, 5.41) is 0. The molecule has 0 nitrogen and oxygen atoms in total. The van der Waals surface area contributed by atoms with Gasteiger partial charge in [0.2, 0.25) is 0 Å². The molecule has 0 aliphatic carbocycles. The Balaban J connectivity index is 2.72. The second kappa shape index (κ2) is 4.94. The summed E-state index contributed by atoms with van der Waals surface area (Å²) in [4.78, 5) is 0. The molecular formula is C13H17F. The van der Waals surface area contributed by atoms with Crippen LogP contribution in [0.25, 0.3) is 0 Å². The van der Waals surface area contributed by atoms with Gasteiger partial charge in [0.15, 0.2) is 0 Å². The Labute approximate surface area is 85.5 Å². The van der Waals surface area contributed by atoms with E-state index in [1.54, 1.807) is 6.07 Å². The van der Waals surface area contributed by atoms with Crippen molar-refractivity contribution < 1.29 is 4.39 Å². The molecule has 0 aromatic heterocycles. The zero-order chi connectivity index (χ0) is 10.6. The molecule has 0 amide bonds. The average Bonchev–Trinajstić information content (AvgIpc) is 2.12. The zero-order valence-corrected chi connectivity index (χ0v) is 9.05. The Kier molecular flexibility index (Phi) is 3.87. The Morgan fingerprint density at radius 1 is 1.36 bits per heavy atom. The minimum absolute atomic E-state index is 0.111. The van der Waals surface area contributed by atoms with Crippen molar-refractivity contribution in [2.24, 2.45) is 5.92 Å². The van der Waals surface area contributed by atoms with Crippen LogP contribution in [0.3, 0.4) is 0 Å². The van der Waals surface area contributed by atoms with Crippen LogP contribution in [0, 0.1) is 18.7 Å². The molecule has 0 atom stereocenters. The van der Waals surface area contributed by atoms with E-state index in [2.05, 4.69) is 26.0 Å². The van der Waals surface area contributed by atoms with E-state index in [1.165, 1.54) is 6.07 Å². The highest BCUT2D eigenvalue weighted by Crippen LogP contribution is 2.13. The van der Waals surface area contributed by atoms with E-state index in [4.69, 9.17) is 0 Å². The first kappa shape index (κ1) is 11.0. The second-order valence-corrected chi connectivity index (χ2v) is 3.90. The van der Waals surface area contributed by atoms with E-state index in [0.29, 0.717) is 5.92 Å². The molecule has 1 rings (SSSR count). The van der Waals surface area contributed by atoms with Crippen molar-refractivity contribution in [3.8, 4) is 0 Å². The van der Waals surface area contributed by atoms with Gasteiger partial charge in [0.25, 0.3) is 0 Å². The maximum Gasteiger partial charge on any atom is 0.126 e. The third-order valence-electron chi connectivity index (χ3n) is 2.24. The van der Waals surface area contributed by atoms with Gasteiger partial charge in [-0.1, -0.05) is 38.1 Å². The van der Waals surface area contributed by atoms with E-state index < -0.39 is 0 Å². The van der Waals surface area contributed by atoms with Crippen LogP contribution < -0.4 is 0 Å². The van der Waals surface area contributed by atoms with Crippen LogP contribution >= 0.6 is 0 Å². The fraction of sp³-hybridized carbons (Fsp3) is 0.385. The van der Waals surface area contributed by atoms with Gasteiger partial charge in [-0.05, 0) is 36.5 Å². The summed E-state index contributed by atoms with van der Waals surface area (Å²) >= 11 is 0. The molecule has 0 radical (unpaired) electrons. The standard InChI is InChI=1S/C13H17F/c1-10(2)6-4-7-12-8-5-9-13(14)11(12)3/h4-6,8-10H,7H2,1-3H3. The third-order valence-corrected chi connectivity index (χ3v) is 2.24. The van der Waals surface area contributed by atoms with Gasteiger partial charge in [0.05, 0.1) is 0 Å². The van der Waals surface area contributed by atoms with Gasteiger partial charge in [0.1, 0.15) is 5.82 Å². The lowest BCUT2D eigenvalue weighted by molar-refractivity contribution is 0.616. The van der Waals surface area contributed by atoms with E-state index >= 15 is 0 Å². The molecule has 0 saturated heterocycles. The van der Waals surface area contributed by atoms with Gasteiger partial charge in [-0.25, -0.2) is 4.39 Å². The largest absolute Gasteiger partial charge is 0.207 e. The van der Waals surface area contributed by atoms with Crippen molar-refractivity contribution in [3.05, 3.63) is 47.3 Å². The van der Waals surface area contributed by atoms with Gasteiger partial charge in [-0.3, -0.25) is 0 Å². The number of rotatable bonds is 3. The molecule has 1 aromatic carbocycles. The molecule has 0 heterocycles. The third kappa shape index (κ3) is 2.99. The highest BCUT2D eigenvalue weighted by atomic mass is 19.1. The molecule has 0 aliphatic rings. The first-order chi connectivity index (χ1) is 6.61. The van der Waals surface area contributed by atoms with Crippen LogP contribution in [-0.2, 0) is 6.42 Å². The number of benzene rings is 1. The lowest BCUT2D eigenvalue weighted by Crippen LogP contribution is -1.91. The summed E-state index contributed by atoms with van der Waals surface area (Å²) in [6, 6.07) is 5.24. The number of allylic oxidation sites excluding steroid dienone is 2. The van der Waals surface area contributed by atoms with Crippen LogP contribution in [0.2, 0.25) is 0 Å². The molecule has 0 spiro atoms. The molecule has 14 heavy (non-hydrogen) atoms. The number of halogens is 1. The molecular weight excluding hydrogens is 175 g/mol. The van der Waals surface area contributed by atoms with Crippen molar-refractivity contribution in [2.45, 2.75) is 27.2 Å². The summed E-state index contributed by atoms with van der Waals surface area (Å²) in [5.74, 6) is 0.448. The summed E-state index contributed by atoms with van der Waals surface area (Å²) in [6.07, 6.45) is 5.07. The topological polar surface area (TPSA) is 0 Å². The fourth-order valence-electron chi connectivity index (χ4n) is 1.34. The lowest BCUT2D eigenvalue weighted by atomic mass is 10.0. The molecule has 0 fully saturated rings. The summed E-state index contributed by atoms with van der Waals surface area (Å²) in [7, 11) is 0. The van der Waals surface area contributed by atoms with Gasteiger partial charge in [-0.2, -0.15) is 0 Å². The average molecular weight is 192 g/mol. The van der Waals surface area contributed by atoms with Crippen LogP contribution in [0.4, 0.5) is 4.39 Å².